The number of halogens is 3. The number of hydrogen-bond acceptors (Lipinski definition) is 4. The second-order valence-electron chi connectivity index (χ2n) is 7.78. The molecule has 31 heavy (non-hydrogen) atoms. The van der Waals surface area contributed by atoms with Crippen LogP contribution in [0.1, 0.15) is 96.8 Å². The average molecular weight is 494 g/mol. The molecule has 1 aromatic carbocycles. The van der Waals surface area contributed by atoms with Crippen LogP contribution in [0.15, 0.2) is 12.1 Å². The van der Waals surface area contributed by atoms with Crippen molar-refractivity contribution in [3.8, 4) is 5.75 Å². The van der Waals surface area contributed by atoms with Gasteiger partial charge in [0.05, 0.1) is 16.7 Å². The molecule has 176 valence electrons. The van der Waals surface area contributed by atoms with Gasteiger partial charge in [-0.05, 0) is 25.0 Å². The van der Waals surface area contributed by atoms with Crippen LogP contribution in [-0.4, -0.2) is 18.5 Å². The third-order valence-electron chi connectivity index (χ3n) is 4.95. The normalized spacial score (nSPS) is 10.8. The Bertz CT molecular complexity index is 641. The lowest BCUT2D eigenvalue weighted by Crippen LogP contribution is -2.11. The predicted octanol–water partition coefficient (Wildman–Crippen LogP) is 8.58. The topological polar surface area (TPSA) is 52.6 Å². The van der Waals surface area contributed by atoms with Crippen molar-refractivity contribution in [2.75, 3.05) is 6.61 Å². The fraction of sp³-hybridized carbons (Fsp3) is 0.667. The van der Waals surface area contributed by atoms with Crippen LogP contribution in [-0.2, 0) is 14.3 Å². The second-order valence-corrected chi connectivity index (χ2v) is 9.03. The van der Waals surface area contributed by atoms with Crippen LogP contribution in [0.5, 0.6) is 5.75 Å². The maximum absolute atomic E-state index is 11.9. The first-order valence-corrected chi connectivity index (χ1v) is 12.6. The Morgan fingerprint density at radius 1 is 0.710 bits per heavy atom. The first-order valence-electron chi connectivity index (χ1n) is 11.4. The minimum absolute atomic E-state index is 0.0723. The van der Waals surface area contributed by atoms with E-state index in [1.165, 1.54) is 69.9 Å². The van der Waals surface area contributed by atoms with Gasteiger partial charge < -0.3 is 9.47 Å². The third kappa shape index (κ3) is 13.9. The van der Waals surface area contributed by atoms with Crippen molar-refractivity contribution >= 4 is 46.7 Å². The van der Waals surface area contributed by atoms with Crippen molar-refractivity contribution < 1.29 is 19.1 Å². The van der Waals surface area contributed by atoms with Gasteiger partial charge in [0.2, 0.25) is 0 Å². The van der Waals surface area contributed by atoms with Gasteiger partial charge in [-0.25, -0.2) is 0 Å². The van der Waals surface area contributed by atoms with E-state index in [4.69, 9.17) is 44.3 Å². The lowest BCUT2D eigenvalue weighted by atomic mass is 10.1. The maximum atomic E-state index is 11.9. The Morgan fingerprint density at radius 2 is 1.19 bits per heavy atom. The van der Waals surface area contributed by atoms with Crippen LogP contribution < -0.4 is 4.74 Å². The molecule has 0 aliphatic carbocycles. The van der Waals surface area contributed by atoms with E-state index < -0.39 is 5.97 Å². The summed E-state index contributed by atoms with van der Waals surface area (Å²) in [5.74, 6) is -0.719. The standard InChI is InChI=1S/C24H35Cl3O4/c1-2-3-4-5-6-7-8-9-10-11-12-16-30-22(28)14-13-15-23(29)31-24-20(26)17-19(25)18-21(24)27/h17-18H,2-16H2,1H3. The van der Waals surface area contributed by atoms with E-state index in [0.29, 0.717) is 18.1 Å². The van der Waals surface area contributed by atoms with Crippen LogP contribution >= 0.6 is 34.8 Å². The van der Waals surface area contributed by atoms with E-state index in [1.54, 1.807) is 0 Å². The summed E-state index contributed by atoms with van der Waals surface area (Å²) < 4.78 is 10.4. The summed E-state index contributed by atoms with van der Waals surface area (Å²) in [6, 6.07) is 2.90. The van der Waals surface area contributed by atoms with Crippen molar-refractivity contribution in [2.45, 2.75) is 96.8 Å². The molecule has 0 unspecified atom stereocenters. The van der Waals surface area contributed by atoms with Crippen LogP contribution in [0.2, 0.25) is 15.1 Å². The zero-order chi connectivity index (χ0) is 22.9. The average Bonchev–Trinajstić information content (AvgIpc) is 2.71. The molecule has 0 N–H and O–H groups in total. The molecule has 0 aromatic heterocycles. The van der Waals surface area contributed by atoms with E-state index in [9.17, 15) is 9.59 Å². The number of carbonyl (C=O) groups is 2. The molecule has 0 aliphatic rings. The van der Waals surface area contributed by atoms with Gasteiger partial charge in [0, 0.05) is 17.9 Å². The van der Waals surface area contributed by atoms with Crippen molar-refractivity contribution in [1.29, 1.82) is 0 Å². The summed E-state index contributed by atoms with van der Waals surface area (Å²) in [4.78, 5) is 23.7. The molecule has 1 rings (SSSR count). The third-order valence-corrected chi connectivity index (χ3v) is 5.73. The van der Waals surface area contributed by atoms with E-state index >= 15 is 0 Å². The molecule has 0 fully saturated rings. The number of hydrogen-bond donors (Lipinski definition) is 0. The number of carbonyl (C=O) groups excluding carboxylic acids is 2. The number of rotatable bonds is 17. The monoisotopic (exact) mass is 492 g/mol. The zero-order valence-electron chi connectivity index (χ0n) is 18.5. The Morgan fingerprint density at radius 3 is 1.74 bits per heavy atom. The molecule has 0 amide bonds. The molecule has 0 saturated heterocycles. The number of unbranched alkanes of at least 4 members (excludes halogenated alkanes) is 10. The number of ether oxygens (including phenoxy) is 2. The summed E-state index contributed by atoms with van der Waals surface area (Å²) in [5.41, 5.74) is 0. The van der Waals surface area contributed by atoms with E-state index in [-0.39, 0.29) is 34.6 Å². The van der Waals surface area contributed by atoms with Gasteiger partial charge in [0.1, 0.15) is 0 Å². The molecular weight excluding hydrogens is 459 g/mol. The Labute approximate surface area is 201 Å². The summed E-state index contributed by atoms with van der Waals surface area (Å²) in [6.45, 7) is 2.68. The summed E-state index contributed by atoms with van der Waals surface area (Å²) >= 11 is 17.8. The fourth-order valence-corrected chi connectivity index (χ4v) is 4.09. The molecule has 0 heterocycles. The first-order chi connectivity index (χ1) is 14.9. The van der Waals surface area contributed by atoms with Crippen LogP contribution in [0.25, 0.3) is 0 Å². The molecule has 0 atom stereocenters. The summed E-state index contributed by atoms with van der Waals surface area (Å²) in [7, 11) is 0. The molecule has 7 heteroatoms. The van der Waals surface area contributed by atoms with Gasteiger partial charge in [-0.1, -0.05) is 106 Å². The smallest absolute Gasteiger partial charge is 0.311 e. The largest absolute Gasteiger partial charge is 0.466 e. The molecular formula is C24H35Cl3O4. The van der Waals surface area contributed by atoms with Gasteiger partial charge in [-0.3, -0.25) is 9.59 Å². The molecule has 1 aromatic rings. The minimum Gasteiger partial charge on any atom is -0.466 e. The summed E-state index contributed by atoms with van der Waals surface area (Å²) in [6.07, 6.45) is 14.4. The second kappa shape index (κ2) is 17.6. The van der Waals surface area contributed by atoms with Crippen LogP contribution in [0.4, 0.5) is 0 Å². The minimum atomic E-state index is -0.510. The SMILES string of the molecule is CCCCCCCCCCCCCOC(=O)CCCC(=O)Oc1c(Cl)cc(Cl)cc1Cl. The van der Waals surface area contributed by atoms with Gasteiger partial charge in [-0.15, -0.1) is 0 Å². The maximum Gasteiger partial charge on any atom is 0.311 e. The predicted molar refractivity (Wildman–Crippen MR) is 128 cm³/mol. The zero-order valence-corrected chi connectivity index (χ0v) is 20.8. The van der Waals surface area contributed by atoms with E-state index in [2.05, 4.69) is 6.92 Å². The van der Waals surface area contributed by atoms with Crippen molar-refractivity contribution in [3.63, 3.8) is 0 Å². The molecule has 4 nitrogen and oxygen atoms in total. The highest BCUT2D eigenvalue weighted by atomic mass is 35.5. The molecule has 0 radical (unpaired) electrons. The van der Waals surface area contributed by atoms with E-state index in [1.807, 2.05) is 0 Å². The van der Waals surface area contributed by atoms with Crippen molar-refractivity contribution in [3.05, 3.63) is 27.2 Å². The lowest BCUT2D eigenvalue weighted by Gasteiger charge is -2.09. The highest BCUT2D eigenvalue weighted by molar-refractivity contribution is 6.40. The Kier molecular flexibility index (Phi) is 15.9. The van der Waals surface area contributed by atoms with E-state index in [0.717, 1.165) is 12.8 Å². The Balaban J connectivity index is 2.00. The van der Waals surface area contributed by atoms with Crippen molar-refractivity contribution in [1.82, 2.24) is 0 Å². The van der Waals surface area contributed by atoms with Crippen LogP contribution in [0, 0.1) is 0 Å². The highest BCUT2D eigenvalue weighted by Gasteiger charge is 2.14. The molecule has 0 aliphatic heterocycles. The van der Waals surface area contributed by atoms with Crippen molar-refractivity contribution in [2.24, 2.45) is 0 Å². The number of benzene rings is 1. The van der Waals surface area contributed by atoms with Gasteiger partial charge in [0.15, 0.2) is 5.75 Å². The summed E-state index contributed by atoms with van der Waals surface area (Å²) in [5, 5.41) is 0.685. The highest BCUT2D eigenvalue weighted by Crippen LogP contribution is 2.36. The van der Waals surface area contributed by atoms with Crippen LogP contribution in [0.3, 0.4) is 0 Å². The fourth-order valence-electron chi connectivity index (χ4n) is 3.19. The molecule has 0 spiro atoms. The van der Waals surface area contributed by atoms with Gasteiger partial charge in [-0.2, -0.15) is 0 Å². The molecule has 0 bridgehead atoms. The quantitative estimate of drug-likeness (QED) is 0.124. The molecule has 0 saturated carbocycles. The lowest BCUT2D eigenvalue weighted by molar-refractivity contribution is -0.144. The Hall–Kier alpha value is -0.970. The first kappa shape index (κ1) is 28.1. The van der Waals surface area contributed by atoms with Gasteiger partial charge in [0.25, 0.3) is 0 Å². The van der Waals surface area contributed by atoms with Gasteiger partial charge >= 0.3 is 11.9 Å². The number of esters is 2.